The van der Waals surface area contributed by atoms with Gasteiger partial charge in [0.05, 0.1) is 6.61 Å². The Hall–Kier alpha value is -1.36. The van der Waals surface area contributed by atoms with E-state index in [4.69, 9.17) is 15.2 Å². The van der Waals surface area contributed by atoms with Gasteiger partial charge in [-0.2, -0.15) is 0 Å². The quantitative estimate of drug-likeness (QED) is 0.839. The number of hydrogen-bond acceptors (Lipinski definition) is 4. The molecule has 1 aromatic heterocycles. The highest BCUT2D eigenvalue weighted by molar-refractivity contribution is 7.12. The molecule has 21 heavy (non-hydrogen) atoms. The summed E-state index contributed by atoms with van der Waals surface area (Å²) in [5.74, 6) is 0.838. The summed E-state index contributed by atoms with van der Waals surface area (Å²) in [7, 11) is 1.69. The highest BCUT2D eigenvalue weighted by Crippen LogP contribution is 2.30. The molecule has 0 saturated carbocycles. The van der Waals surface area contributed by atoms with E-state index in [9.17, 15) is 0 Å². The molecule has 2 rings (SSSR count). The first-order valence-electron chi connectivity index (χ1n) is 7.20. The van der Waals surface area contributed by atoms with E-state index < -0.39 is 0 Å². The molecule has 0 aliphatic rings. The van der Waals surface area contributed by atoms with Crippen LogP contribution in [0.3, 0.4) is 0 Å². The number of rotatable bonds is 7. The van der Waals surface area contributed by atoms with E-state index in [2.05, 4.69) is 26.0 Å². The zero-order valence-electron chi connectivity index (χ0n) is 12.8. The third-order valence-corrected chi connectivity index (χ3v) is 4.44. The van der Waals surface area contributed by atoms with Crippen molar-refractivity contribution >= 4 is 11.3 Å². The van der Waals surface area contributed by atoms with Gasteiger partial charge >= 0.3 is 0 Å². The molecule has 0 aliphatic carbocycles. The van der Waals surface area contributed by atoms with Gasteiger partial charge in [-0.1, -0.05) is 19.1 Å². The monoisotopic (exact) mass is 305 g/mol. The van der Waals surface area contributed by atoms with Gasteiger partial charge in [-0.25, -0.2) is 0 Å². The number of thiophene rings is 1. The average molecular weight is 305 g/mol. The van der Waals surface area contributed by atoms with Gasteiger partial charge in [-0.15, -0.1) is 11.3 Å². The summed E-state index contributed by atoms with van der Waals surface area (Å²) in [6.45, 7) is 4.77. The van der Waals surface area contributed by atoms with Crippen LogP contribution in [-0.4, -0.2) is 13.2 Å². The molecular weight excluding hydrogens is 282 g/mol. The fourth-order valence-corrected chi connectivity index (χ4v) is 3.18. The van der Waals surface area contributed by atoms with Crippen LogP contribution in [0, 0.1) is 6.92 Å². The van der Waals surface area contributed by atoms with Crippen LogP contribution in [0.2, 0.25) is 0 Å². The van der Waals surface area contributed by atoms with Gasteiger partial charge < -0.3 is 15.2 Å². The van der Waals surface area contributed by atoms with Crippen molar-refractivity contribution in [3.63, 3.8) is 0 Å². The zero-order valence-corrected chi connectivity index (χ0v) is 13.7. The van der Waals surface area contributed by atoms with Gasteiger partial charge in [-0.3, -0.25) is 0 Å². The second-order valence-corrected chi connectivity index (χ2v) is 6.46. The molecule has 0 fully saturated rings. The van der Waals surface area contributed by atoms with Gasteiger partial charge in [-0.05, 0) is 43.2 Å². The molecule has 0 aliphatic heterocycles. The van der Waals surface area contributed by atoms with Crippen LogP contribution in [0.1, 0.15) is 34.8 Å². The van der Waals surface area contributed by atoms with E-state index in [-0.39, 0.29) is 12.1 Å². The summed E-state index contributed by atoms with van der Waals surface area (Å²) >= 11 is 1.74. The van der Waals surface area contributed by atoms with E-state index in [1.807, 2.05) is 24.3 Å². The highest BCUT2D eigenvalue weighted by atomic mass is 32.1. The molecule has 2 atom stereocenters. The summed E-state index contributed by atoms with van der Waals surface area (Å²) in [4.78, 5) is 2.45. The van der Waals surface area contributed by atoms with Crippen LogP contribution in [0.15, 0.2) is 36.4 Å². The van der Waals surface area contributed by atoms with E-state index >= 15 is 0 Å². The normalized spacial score (nSPS) is 13.9. The van der Waals surface area contributed by atoms with Gasteiger partial charge in [0.2, 0.25) is 0 Å². The minimum Gasteiger partial charge on any atom is -0.483 e. The Labute approximate surface area is 130 Å². The minimum absolute atomic E-state index is 0.0193. The second-order valence-electron chi connectivity index (χ2n) is 5.14. The summed E-state index contributed by atoms with van der Waals surface area (Å²) in [5, 5.41) is 0. The maximum absolute atomic E-state index is 6.26. The van der Waals surface area contributed by atoms with Gasteiger partial charge in [0.25, 0.3) is 0 Å². The number of benzene rings is 1. The summed E-state index contributed by atoms with van der Waals surface area (Å²) in [5.41, 5.74) is 7.36. The third-order valence-electron chi connectivity index (χ3n) is 3.37. The molecule has 3 nitrogen and oxygen atoms in total. The SMILES string of the molecule is CCC(N)C(Oc1cccc(COC)c1)c1ccc(C)s1. The Balaban J connectivity index is 2.20. The maximum atomic E-state index is 6.26. The molecule has 1 aromatic carbocycles. The first-order chi connectivity index (χ1) is 10.1. The Morgan fingerprint density at radius 1 is 1.24 bits per heavy atom. The highest BCUT2D eigenvalue weighted by Gasteiger charge is 2.22. The molecule has 0 bridgehead atoms. The number of hydrogen-bond donors (Lipinski definition) is 1. The van der Waals surface area contributed by atoms with Crippen LogP contribution in [0.4, 0.5) is 0 Å². The van der Waals surface area contributed by atoms with E-state index in [0.29, 0.717) is 6.61 Å². The van der Waals surface area contributed by atoms with Crippen molar-refractivity contribution in [2.45, 2.75) is 39.0 Å². The number of ether oxygens (including phenoxy) is 2. The zero-order chi connectivity index (χ0) is 15.2. The Morgan fingerprint density at radius 2 is 2.05 bits per heavy atom. The lowest BCUT2D eigenvalue weighted by atomic mass is 10.1. The number of aryl methyl sites for hydroxylation is 1. The first kappa shape index (κ1) is 16.0. The van der Waals surface area contributed by atoms with Crippen molar-refractivity contribution < 1.29 is 9.47 Å². The van der Waals surface area contributed by atoms with Crippen molar-refractivity contribution in [2.75, 3.05) is 7.11 Å². The fraction of sp³-hybridized carbons (Fsp3) is 0.412. The molecule has 0 radical (unpaired) electrons. The predicted molar refractivity (Wildman–Crippen MR) is 87.8 cm³/mol. The Bertz CT molecular complexity index is 567. The fourth-order valence-electron chi connectivity index (χ4n) is 2.20. The predicted octanol–water partition coefficient (Wildman–Crippen LogP) is 4.06. The lowest BCUT2D eigenvalue weighted by Crippen LogP contribution is -2.30. The average Bonchev–Trinajstić information content (AvgIpc) is 2.91. The smallest absolute Gasteiger partial charge is 0.148 e. The summed E-state index contributed by atoms with van der Waals surface area (Å²) in [6, 6.07) is 12.2. The van der Waals surface area contributed by atoms with E-state index in [1.165, 1.54) is 9.75 Å². The van der Waals surface area contributed by atoms with Gasteiger partial charge in [0, 0.05) is 22.9 Å². The number of methoxy groups -OCH3 is 1. The Morgan fingerprint density at radius 3 is 2.67 bits per heavy atom. The summed E-state index contributed by atoms with van der Waals surface area (Å²) in [6.07, 6.45) is 0.769. The lowest BCUT2D eigenvalue weighted by molar-refractivity contribution is 0.171. The van der Waals surface area contributed by atoms with Crippen LogP contribution in [-0.2, 0) is 11.3 Å². The molecule has 0 saturated heterocycles. The van der Waals surface area contributed by atoms with Crippen LogP contribution >= 0.6 is 11.3 Å². The standard InChI is InChI=1S/C17H23NO2S/c1-4-15(18)17(16-9-8-12(2)21-16)20-14-7-5-6-13(10-14)11-19-3/h5-10,15,17H,4,11,18H2,1-3H3. The topological polar surface area (TPSA) is 44.5 Å². The van der Waals surface area contributed by atoms with Crippen molar-refractivity contribution in [1.82, 2.24) is 0 Å². The molecule has 2 N–H and O–H groups in total. The van der Waals surface area contributed by atoms with Crippen molar-refractivity contribution in [3.8, 4) is 5.75 Å². The van der Waals surface area contributed by atoms with Crippen LogP contribution in [0.25, 0.3) is 0 Å². The summed E-state index contributed by atoms with van der Waals surface area (Å²) < 4.78 is 11.3. The van der Waals surface area contributed by atoms with Crippen molar-refractivity contribution in [3.05, 3.63) is 51.7 Å². The van der Waals surface area contributed by atoms with Gasteiger partial charge in [0.1, 0.15) is 11.9 Å². The number of nitrogens with two attached hydrogens (primary N) is 1. The van der Waals surface area contributed by atoms with Crippen LogP contribution < -0.4 is 10.5 Å². The molecule has 4 heteroatoms. The molecule has 114 valence electrons. The Kier molecular flexibility index (Phi) is 5.79. The molecule has 0 spiro atoms. The molecule has 2 unspecified atom stereocenters. The first-order valence-corrected chi connectivity index (χ1v) is 8.02. The largest absolute Gasteiger partial charge is 0.483 e. The molecule has 2 aromatic rings. The van der Waals surface area contributed by atoms with Crippen molar-refractivity contribution in [2.24, 2.45) is 5.73 Å². The molecular formula is C17H23NO2S. The van der Waals surface area contributed by atoms with Gasteiger partial charge in [0.15, 0.2) is 0 Å². The minimum atomic E-state index is -0.105. The third kappa shape index (κ3) is 4.30. The molecule has 1 heterocycles. The van der Waals surface area contributed by atoms with E-state index in [0.717, 1.165) is 17.7 Å². The van der Waals surface area contributed by atoms with Crippen molar-refractivity contribution in [1.29, 1.82) is 0 Å². The lowest BCUT2D eigenvalue weighted by Gasteiger charge is -2.23. The maximum Gasteiger partial charge on any atom is 0.148 e. The molecule has 0 amide bonds. The second kappa shape index (κ2) is 7.59. The van der Waals surface area contributed by atoms with E-state index in [1.54, 1.807) is 18.4 Å². The van der Waals surface area contributed by atoms with Crippen LogP contribution in [0.5, 0.6) is 5.75 Å².